The number of sulfone groups is 1. The van der Waals surface area contributed by atoms with Gasteiger partial charge >= 0.3 is 0 Å². The van der Waals surface area contributed by atoms with E-state index in [1.54, 1.807) is 75.4 Å². The number of hydrogen-bond donors (Lipinski definition) is 7. The lowest BCUT2D eigenvalue weighted by Crippen LogP contribution is -2.32. The molecule has 0 fully saturated rings. The third-order valence-corrected chi connectivity index (χ3v) is 12.1. The second-order valence-electron chi connectivity index (χ2n) is 14.6. The van der Waals surface area contributed by atoms with Crippen molar-refractivity contribution in [3.63, 3.8) is 0 Å². The lowest BCUT2D eigenvalue weighted by molar-refractivity contribution is -0.115. The zero-order valence-electron chi connectivity index (χ0n) is 35.0. The van der Waals surface area contributed by atoms with Gasteiger partial charge < -0.3 is 46.1 Å². The number of phenols is 2. The highest BCUT2D eigenvalue weighted by atomic mass is 35.5. The molecule has 0 atom stereocenters. The standard InChI is InChI=1S/C44H45ClN8O9S/c1-7-46-43(58)39-38(40(62-53-39)29-19-28(23(2)3)33(54)20-34(29)55)25-12-14-26(15-13-25)42(57)47-22-37(56)49-27-16-17-35(61-6)32(18-27)51-44-48-21-30(45)41(52-44)50-31-10-8-9-11-36(31)63(59,60)24(4)5/h8-21,23-24,54-55H,7,22H2,1-6H3,(H,46,58)(H,47,57)(H,49,56)(H2,48,50,51,52). The molecule has 6 rings (SSSR count). The molecule has 0 radical (unpaired) electrons. The van der Waals surface area contributed by atoms with Gasteiger partial charge in [-0.2, -0.15) is 4.98 Å². The van der Waals surface area contributed by atoms with Crippen molar-refractivity contribution in [2.75, 3.05) is 36.1 Å². The number of nitrogens with zero attached hydrogens (tertiary/aromatic N) is 3. The van der Waals surface area contributed by atoms with Gasteiger partial charge in [0.2, 0.25) is 11.9 Å². The predicted octanol–water partition coefficient (Wildman–Crippen LogP) is 7.78. The van der Waals surface area contributed by atoms with Crippen LogP contribution in [0.15, 0.2) is 94.5 Å². The summed E-state index contributed by atoms with van der Waals surface area (Å²) in [6.07, 6.45) is 1.34. The minimum absolute atomic E-state index is 0.0446. The second-order valence-corrected chi connectivity index (χ2v) is 17.5. The van der Waals surface area contributed by atoms with Gasteiger partial charge in [-0.05, 0) is 86.3 Å². The fourth-order valence-electron chi connectivity index (χ4n) is 6.35. The fraction of sp³-hybridized carbons (Fsp3) is 0.227. The monoisotopic (exact) mass is 896 g/mol. The molecular weight excluding hydrogens is 852 g/mol. The van der Waals surface area contributed by atoms with Gasteiger partial charge in [0.15, 0.2) is 27.1 Å². The third-order valence-electron chi connectivity index (χ3n) is 9.64. The van der Waals surface area contributed by atoms with Gasteiger partial charge in [-0.1, -0.05) is 54.9 Å². The molecule has 63 heavy (non-hydrogen) atoms. The van der Waals surface area contributed by atoms with Crippen molar-refractivity contribution in [1.82, 2.24) is 25.8 Å². The number of halogens is 1. The van der Waals surface area contributed by atoms with Gasteiger partial charge in [-0.3, -0.25) is 14.4 Å². The number of nitrogens with one attached hydrogen (secondary N) is 5. The predicted molar refractivity (Wildman–Crippen MR) is 239 cm³/mol. The number of hydrogen-bond acceptors (Lipinski definition) is 14. The fourth-order valence-corrected chi connectivity index (χ4v) is 7.69. The van der Waals surface area contributed by atoms with Crippen LogP contribution in [0.4, 0.5) is 28.8 Å². The molecule has 19 heteroatoms. The highest BCUT2D eigenvalue weighted by Gasteiger charge is 2.28. The first-order chi connectivity index (χ1) is 30.0. The van der Waals surface area contributed by atoms with Gasteiger partial charge in [0.1, 0.15) is 22.3 Å². The molecule has 2 aromatic heterocycles. The second kappa shape index (κ2) is 19.3. The Balaban J connectivity index is 1.15. The van der Waals surface area contributed by atoms with Crippen LogP contribution in [0.3, 0.4) is 0 Å². The average molecular weight is 897 g/mol. The SMILES string of the molecule is CCNC(=O)c1noc(-c2cc(C(C)C)c(O)cc2O)c1-c1ccc(C(=O)NCC(=O)Nc2ccc(OC)c(Nc3ncc(Cl)c(Nc4ccccc4S(=O)(=O)C(C)C)n3)c2)cc1. The number of amides is 3. The molecule has 0 bridgehead atoms. The summed E-state index contributed by atoms with van der Waals surface area (Å²) in [5.74, 6) is -1.43. The van der Waals surface area contributed by atoms with E-state index >= 15 is 0 Å². The number of anilines is 5. The smallest absolute Gasteiger partial charge is 0.274 e. The molecular formula is C44H45ClN8O9S. The molecule has 0 aliphatic heterocycles. The lowest BCUT2D eigenvalue weighted by atomic mass is 9.94. The number of aromatic nitrogens is 3. The largest absolute Gasteiger partial charge is 0.508 e. The van der Waals surface area contributed by atoms with E-state index in [0.717, 1.165) is 0 Å². The molecule has 0 saturated carbocycles. The summed E-state index contributed by atoms with van der Waals surface area (Å²) in [6.45, 7) is 8.61. The molecule has 0 spiro atoms. The van der Waals surface area contributed by atoms with E-state index < -0.39 is 39.4 Å². The van der Waals surface area contributed by atoms with E-state index in [1.165, 1.54) is 37.6 Å². The average Bonchev–Trinajstić information content (AvgIpc) is 3.69. The van der Waals surface area contributed by atoms with Gasteiger partial charge in [-0.25, -0.2) is 13.4 Å². The van der Waals surface area contributed by atoms with Crippen molar-refractivity contribution in [2.45, 2.75) is 50.7 Å². The van der Waals surface area contributed by atoms with Crippen LogP contribution in [0.2, 0.25) is 5.02 Å². The van der Waals surface area contributed by atoms with E-state index in [9.17, 15) is 33.0 Å². The third kappa shape index (κ3) is 10.1. The van der Waals surface area contributed by atoms with Gasteiger partial charge in [0.25, 0.3) is 11.8 Å². The van der Waals surface area contributed by atoms with Crippen molar-refractivity contribution in [3.05, 3.63) is 107 Å². The minimum atomic E-state index is -3.64. The highest BCUT2D eigenvalue weighted by molar-refractivity contribution is 7.92. The summed E-state index contributed by atoms with van der Waals surface area (Å²) in [4.78, 5) is 48.1. The molecule has 0 unspecified atom stereocenters. The van der Waals surface area contributed by atoms with Crippen LogP contribution >= 0.6 is 11.6 Å². The number of ether oxygens (including phenoxy) is 1. The number of benzene rings is 4. The molecule has 0 aliphatic rings. The summed E-state index contributed by atoms with van der Waals surface area (Å²) >= 11 is 6.41. The molecule has 3 amide bonds. The lowest BCUT2D eigenvalue weighted by Gasteiger charge is -2.16. The normalized spacial score (nSPS) is 11.3. The maximum absolute atomic E-state index is 13.2. The quantitative estimate of drug-likeness (QED) is 0.0490. The van der Waals surface area contributed by atoms with Gasteiger partial charge in [0, 0.05) is 23.9 Å². The molecule has 6 aromatic rings. The summed E-state index contributed by atoms with van der Waals surface area (Å²) in [5.41, 5.74) is 2.61. The molecule has 328 valence electrons. The minimum Gasteiger partial charge on any atom is -0.508 e. The maximum Gasteiger partial charge on any atom is 0.274 e. The topological polar surface area (TPSA) is 247 Å². The van der Waals surface area contributed by atoms with Crippen LogP contribution in [0, 0.1) is 0 Å². The zero-order valence-corrected chi connectivity index (χ0v) is 36.6. The Hall–Kier alpha value is -7.18. The molecule has 7 N–H and O–H groups in total. The number of phenolic OH excluding ortho intramolecular Hbond substituents is 2. The Morgan fingerprint density at radius 1 is 0.873 bits per heavy atom. The maximum atomic E-state index is 13.2. The van der Waals surface area contributed by atoms with Crippen LogP contribution in [0.25, 0.3) is 22.5 Å². The molecule has 4 aromatic carbocycles. The molecule has 17 nitrogen and oxygen atoms in total. The van der Waals surface area contributed by atoms with E-state index in [-0.39, 0.29) is 72.9 Å². The van der Waals surface area contributed by atoms with Crippen LogP contribution in [0.5, 0.6) is 17.2 Å². The Morgan fingerprint density at radius 3 is 2.29 bits per heavy atom. The van der Waals surface area contributed by atoms with E-state index in [0.29, 0.717) is 34.8 Å². The Morgan fingerprint density at radius 2 is 1.60 bits per heavy atom. The summed E-state index contributed by atoms with van der Waals surface area (Å²) in [7, 11) is -2.19. The van der Waals surface area contributed by atoms with Gasteiger partial charge in [-0.15, -0.1) is 0 Å². The number of methoxy groups -OCH3 is 1. The highest BCUT2D eigenvalue weighted by Crippen LogP contribution is 2.43. The summed E-state index contributed by atoms with van der Waals surface area (Å²) in [5, 5.41) is 38.8. The number of aromatic hydroxyl groups is 2. The van der Waals surface area contributed by atoms with Crippen LogP contribution in [-0.4, -0.2) is 76.9 Å². The number of carbonyl (C=O) groups excluding carboxylic acids is 3. The zero-order chi connectivity index (χ0) is 45.6. The van der Waals surface area contributed by atoms with E-state index in [1.807, 2.05) is 13.8 Å². The first kappa shape index (κ1) is 45.3. The Labute approximate surface area is 368 Å². The molecule has 2 heterocycles. The summed E-state index contributed by atoms with van der Waals surface area (Å²) in [6, 6.07) is 20.1. The number of rotatable bonds is 16. The summed E-state index contributed by atoms with van der Waals surface area (Å²) < 4.78 is 37.2. The van der Waals surface area contributed by atoms with Crippen molar-refractivity contribution in [2.24, 2.45) is 0 Å². The van der Waals surface area contributed by atoms with E-state index in [2.05, 4.69) is 41.7 Å². The molecule has 0 aliphatic carbocycles. The van der Waals surface area contributed by atoms with Crippen LogP contribution < -0.4 is 31.3 Å². The van der Waals surface area contributed by atoms with Crippen molar-refractivity contribution in [3.8, 4) is 39.7 Å². The first-order valence-corrected chi connectivity index (χ1v) is 21.5. The van der Waals surface area contributed by atoms with Crippen LogP contribution in [-0.2, 0) is 14.6 Å². The van der Waals surface area contributed by atoms with Crippen molar-refractivity contribution in [1.29, 1.82) is 0 Å². The Bertz CT molecular complexity index is 2800. The molecule has 0 saturated heterocycles. The van der Waals surface area contributed by atoms with Gasteiger partial charge in [0.05, 0.1) is 52.5 Å². The van der Waals surface area contributed by atoms with Crippen molar-refractivity contribution >= 4 is 68.0 Å². The van der Waals surface area contributed by atoms with E-state index in [4.69, 9.17) is 20.9 Å². The Kier molecular flexibility index (Phi) is 13.9. The first-order valence-electron chi connectivity index (χ1n) is 19.6. The van der Waals surface area contributed by atoms with Crippen molar-refractivity contribution < 1.29 is 42.3 Å². The van der Waals surface area contributed by atoms with Crippen LogP contribution in [0.1, 0.15) is 66.9 Å². The number of carbonyl (C=O) groups is 3. The number of para-hydroxylation sites is 1.